The van der Waals surface area contributed by atoms with Gasteiger partial charge in [0.25, 0.3) is 5.91 Å². The first-order valence-electron chi connectivity index (χ1n) is 10.4. The van der Waals surface area contributed by atoms with Crippen LogP contribution < -0.4 is 10.0 Å². The van der Waals surface area contributed by atoms with Gasteiger partial charge in [-0.2, -0.15) is 0 Å². The largest absolute Gasteiger partial charge is 0.380 e. The Kier molecular flexibility index (Phi) is 6.13. The molecule has 0 aromatic heterocycles. The maximum atomic E-state index is 12.5. The lowest BCUT2D eigenvalue weighted by Gasteiger charge is -2.32. The third-order valence-corrected chi connectivity index (χ3v) is 6.30. The second-order valence-electron chi connectivity index (χ2n) is 8.27. The number of likely N-dealkylation sites (N-methyl/N-ethyl adjacent to an activating group) is 1. The minimum absolute atomic E-state index is 0.355. The predicted octanol–water partition coefficient (Wildman–Crippen LogP) is 1.72. The minimum Gasteiger partial charge on any atom is -0.380 e. The number of rotatable bonds is 5. The van der Waals surface area contributed by atoms with Gasteiger partial charge in [-0.05, 0) is 41.4 Å². The third kappa shape index (κ3) is 5.33. The Morgan fingerprint density at radius 1 is 1.06 bits per heavy atom. The van der Waals surface area contributed by atoms with Crippen LogP contribution in [-0.2, 0) is 23.1 Å². The van der Waals surface area contributed by atoms with Crippen molar-refractivity contribution in [3.8, 4) is 0 Å². The molecule has 2 N–H and O–H groups in total. The Bertz CT molecular complexity index is 1100. The van der Waals surface area contributed by atoms with Crippen molar-refractivity contribution in [2.75, 3.05) is 39.5 Å². The zero-order valence-electron chi connectivity index (χ0n) is 17.9. The number of nitrogens with zero attached hydrogens (tertiary/aromatic N) is 2. The Hall–Kier alpha value is -2.68. The lowest BCUT2D eigenvalue weighted by atomic mass is 9.95. The highest BCUT2D eigenvalue weighted by molar-refractivity contribution is 7.89. The van der Waals surface area contributed by atoms with Gasteiger partial charge in [-0.15, -0.1) is 0 Å². The van der Waals surface area contributed by atoms with Gasteiger partial charge in [0.2, 0.25) is 10.0 Å². The SMILES string of the molecule is CN1CCN(Cc2ccc(C3=Cc4c(cccc4C(=O)NS(C)(=O)=O)CN3)cc2)CC1. The van der Waals surface area contributed by atoms with Gasteiger partial charge < -0.3 is 10.2 Å². The average Bonchev–Trinajstić information content (AvgIpc) is 2.74. The van der Waals surface area contributed by atoms with Crippen molar-refractivity contribution >= 4 is 27.7 Å². The molecule has 1 amide bonds. The van der Waals surface area contributed by atoms with E-state index in [1.54, 1.807) is 12.1 Å². The fourth-order valence-corrected chi connectivity index (χ4v) is 4.43. The molecule has 0 atom stereocenters. The smallest absolute Gasteiger partial charge is 0.265 e. The Balaban J connectivity index is 1.53. The molecule has 0 radical (unpaired) electrons. The molecule has 0 spiro atoms. The van der Waals surface area contributed by atoms with Crippen LogP contribution in [0.1, 0.15) is 32.6 Å². The first-order valence-corrected chi connectivity index (χ1v) is 12.3. The summed E-state index contributed by atoms with van der Waals surface area (Å²) in [5, 5.41) is 3.41. The van der Waals surface area contributed by atoms with Crippen LogP contribution in [0.3, 0.4) is 0 Å². The molecule has 4 rings (SSSR count). The van der Waals surface area contributed by atoms with E-state index in [0.717, 1.165) is 61.4 Å². The molecule has 2 aromatic carbocycles. The van der Waals surface area contributed by atoms with Crippen LogP contribution in [0.2, 0.25) is 0 Å². The molecule has 2 aromatic rings. The maximum Gasteiger partial charge on any atom is 0.265 e. The standard InChI is InChI=1S/C23H28N4O3S/c1-26-10-12-27(13-11-26)16-17-6-8-18(9-7-17)22-14-21-19(15-24-22)4-3-5-20(21)23(28)25-31(2,29)30/h3-9,14,24H,10-13,15-16H2,1-2H3,(H,25,28). The number of carbonyl (C=O) groups excluding carboxylic acids is 1. The molecule has 0 unspecified atom stereocenters. The summed E-state index contributed by atoms with van der Waals surface area (Å²) in [6.07, 6.45) is 2.90. The number of nitrogens with one attached hydrogen (secondary N) is 2. The molecule has 1 saturated heterocycles. The maximum absolute atomic E-state index is 12.5. The molecule has 164 valence electrons. The monoisotopic (exact) mass is 440 g/mol. The number of piperazine rings is 1. The summed E-state index contributed by atoms with van der Waals surface area (Å²) < 4.78 is 25.1. The Morgan fingerprint density at radius 3 is 2.45 bits per heavy atom. The van der Waals surface area contributed by atoms with Crippen LogP contribution in [0.4, 0.5) is 0 Å². The second-order valence-corrected chi connectivity index (χ2v) is 10.0. The molecule has 0 saturated carbocycles. The van der Waals surface area contributed by atoms with Crippen molar-refractivity contribution < 1.29 is 13.2 Å². The number of fused-ring (bicyclic) bond motifs is 1. The topological polar surface area (TPSA) is 81.8 Å². The van der Waals surface area contributed by atoms with Gasteiger partial charge in [-0.25, -0.2) is 13.1 Å². The van der Waals surface area contributed by atoms with Gasteiger partial charge in [0.15, 0.2) is 0 Å². The minimum atomic E-state index is -3.63. The van der Waals surface area contributed by atoms with E-state index >= 15 is 0 Å². The van der Waals surface area contributed by atoms with Gasteiger partial charge in [-0.3, -0.25) is 9.69 Å². The summed E-state index contributed by atoms with van der Waals surface area (Å²) in [4.78, 5) is 17.3. The predicted molar refractivity (Wildman–Crippen MR) is 123 cm³/mol. The van der Waals surface area contributed by atoms with E-state index in [1.165, 1.54) is 5.56 Å². The average molecular weight is 441 g/mol. The van der Waals surface area contributed by atoms with E-state index in [4.69, 9.17) is 0 Å². The summed E-state index contributed by atoms with van der Waals surface area (Å²) in [5.41, 5.74) is 5.28. The number of hydrogen-bond acceptors (Lipinski definition) is 6. The van der Waals surface area contributed by atoms with E-state index in [9.17, 15) is 13.2 Å². The number of amides is 1. The molecule has 2 heterocycles. The van der Waals surface area contributed by atoms with Gasteiger partial charge >= 0.3 is 0 Å². The number of hydrogen-bond donors (Lipinski definition) is 2. The van der Waals surface area contributed by atoms with Crippen LogP contribution in [0.25, 0.3) is 11.8 Å². The quantitative estimate of drug-likeness (QED) is 0.737. The van der Waals surface area contributed by atoms with E-state index in [2.05, 4.69) is 51.2 Å². The van der Waals surface area contributed by atoms with Gasteiger partial charge in [0, 0.05) is 50.5 Å². The molecule has 1 fully saturated rings. The number of carbonyl (C=O) groups is 1. The Labute approximate surface area is 183 Å². The van der Waals surface area contributed by atoms with Gasteiger partial charge in [-0.1, -0.05) is 36.4 Å². The second kappa shape index (κ2) is 8.82. The van der Waals surface area contributed by atoms with Crippen molar-refractivity contribution in [2.24, 2.45) is 0 Å². The molecule has 2 aliphatic heterocycles. The highest BCUT2D eigenvalue weighted by Crippen LogP contribution is 2.27. The van der Waals surface area contributed by atoms with Crippen molar-refractivity contribution in [3.63, 3.8) is 0 Å². The molecule has 31 heavy (non-hydrogen) atoms. The number of sulfonamides is 1. The van der Waals surface area contributed by atoms with Crippen LogP contribution in [-0.4, -0.2) is 63.6 Å². The zero-order chi connectivity index (χ0) is 22.0. The molecular weight excluding hydrogens is 412 g/mol. The fraction of sp³-hybridized carbons (Fsp3) is 0.348. The summed E-state index contributed by atoms with van der Waals surface area (Å²) in [6.45, 7) is 5.89. The van der Waals surface area contributed by atoms with Crippen molar-refractivity contribution in [1.82, 2.24) is 19.8 Å². The molecule has 0 aliphatic carbocycles. The first-order chi connectivity index (χ1) is 14.8. The van der Waals surface area contributed by atoms with Crippen molar-refractivity contribution in [2.45, 2.75) is 13.1 Å². The highest BCUT2D eigenvalue weighted by Gasteiger charge is 2.20. The zero-order valence-corrected chi connectivity index (χ0v) is 18.7. The lowest BCUT2D eigenvalue weighted by Crippen LogP contribution is -2.43. The normalized spacial score (nSPS) is 17.4. The molecule has 7 nitrogen and oxygen atoms in total. The third-order valence-electron chi connectivity index (χ3n) is 5.74. The molecule has 8 heteroatoms. The van der Waals surface area contributed by atoms with E-state index in [-0.39, 0.29) is 0 Å². The summed E-state index contributed by atoms with van der Waals surface area (Å²) in [7, 11) is -1.47. The lowest BCUT2D eigenvalue weighted by molar-refractivity contribution is 0.0981. The van der Waals surface area contributed by atoms with Crippen LogP contribution in [0, 0.1) is 0 Å². The summed E-state index contributed by atoms with van der Waals surface area (Å²) in [5.74, 6) is -0.612. The van der Waals surface area contributed by atoms with Gasteiger partial charge in [0.1, 0.15) is 0 Å². The van der Waals surface area contributed by atoms with Gasteiger partial charge in [0.05, 0.1) is 6.26 Å². The van der Waals surface area contributed by atoms with Crippen molar-refractivity contribution in [3.05, 3.63) is 70.3 Å². The molecule has 2 aliphatic rings. The fourth-order valence-electron chi connectivity index (χ4n) is 3.98. The Morgan fingerprint density at radius 2 is 1.77 bits per heavy atom. The van der Waals surface area contributed by atoms with Crippen LogP contribution in [0.15, 0.2) is 42.5 Å². The number of benzene rings is 2. The van der Waals surface area contributed by atoms with Crippen LogP contribution in [0.5, 0.6) is 0 Å². The molecule has 0 bridgehead atoms. The summed E-state index contributed by atoms with van der Waals surface area (Å²) in [6, 6.07) is 13.8. The highest BCUT2D eigenvalue weighted by atomic mass is 32.2. The van der Waals surface area contributed by atoms with Crippen LogP contribution >= 0.6 is 0 Å². The first kappa shape index (κ1) is 21.5. The van der Waals surface area contributed by atoms with E-state index in [1.807, 2.05) is 12.1 Å². The van der Waals surface area contributed by atoms with E-state index in [0.29, 0.717) is 12.1 Å². The van der Waals surface area contributed by atoms with Crippen molar-refractivity contribution in [1.29, 1.82) is 0 Å². The molecular formula is C23H28N4O3S. The van der Waals surface area contributed by atoms with E-state index < -0.39 is 15.9 Å². The summed E-state index contributed by atoms with van der Waals surface area (Å²) >= 11 is 0.